The van der Waals surface area contributed by atoms with Gasteiger partial charge in [-0.1, -0.05) is 17.7 Å². The van der Waals surface area contributed by atoms with Gasteiger partial charge in [-0.2, -0.15) is 13.2 Å². The Hall–Kier alpha value is -1.78. The zero-order valence-corrected chi connectivity index (χ0v) is 9.34. The van der Waals surface area contributed by atoms with Crippen molar-refractivity contribution in [2.24, 2.45) is 0 Å². The Bertz CT molecular complexity index is 448. The predicted octanol–water partition coefficient (Wildman–Crippen LogP) is 3.20. The maximum atomic E-state index is 12.7. The van der Waals surface area contributed by atoms with E-state index in [1.807, 2.05) is 0 Å². The average Bonchev–Trinajstić information content (AvgIpc) is 2.25. The SMILES string of the molecule is COC(=O)C=Cc1ccc(C)cc1C(F)(F)F. The minimum Gasteiger partial charge on any atom is -0.466 e. The van der Waals surface area contributed by atoms with Crippen molar-refractivity contribution in [1.29, 1.82) is 0 Å². The van der Waals surface area contributed by atoms with E-state index < -0.39 is 17.7 Å². The van der Waals surface area contributed by atoms with E-state index in [0.717, 1.165) is 25.3 Å². The summed E-state index contributed by atoms with van der Waals surface area (Å²) in [5.74, 6) is -0.696. The molecule has 0 aliphatic heterocycles. The van der Waals surface area contributed by atoms with Gasteiger partial charge in [0.1, 0.15) is 0 Å². The minimum atomic E-state index is -4.44. The number of carbonyl (C=O) groups is 1. The summed E-state index contributed by atoms with van der Waals surface area (Å²) in [4.78, 5) is 10.8. The summed E-state index contributed by atoms with van der Waals surface area (Å²) in [5, 5.41) is 0. The van der Waals surface area contributed by atoms with Gasteiger partial charge in [0.05, 0.1) is 12.7 Å². The third kappa shape index (κ3) is 3.62. The molecule has 0 fully saturated rings. The van der Waals surface area contributed by atoms with E-state index >= 15 is 0 Å². The third-order valence-electron chi connectivity index (χ3n) is 2.11. The molecule has 0 atom stereocenters. The van der Waals surface area contributed by atoms with Crippen LogP contribution in [0.2, 0.25) is 0 Å². The first-order valence-corrected chi connectivity index (χ1v) is 4.78. The fourth-order valence-corrected chi connectivity index (χ4v) is 1.29. The quantitative estimate of drug-likeness (QED) is 0.590. The second-order valence-corrected chi connectivity index (χ2v) is 3.44. The van der Waals surface area contributed by atoms with E-state index in [-0.39, 0.29) is 5.56 Å². The van der Waals surface area contributed by atoms with Gasteiger partial charge in [0.2, 0.25) is 0 Å². The molecule has 0 saturated heterocycles. The van der Waals surface area contributed by atoms with Crippen molar-refractivity contribution in [2.45, 2.75) is 13.1 Å². The maximum absolute atomic E-state index is 12.7. The van der Waals surface area contributed by atoms with E-state index in [9.17, 15) is 18.0 Å². The van der Waals surface area contributed by atoms with Crippen LogP contribution >= 0.6 is 0 Å². The van der Waals surface area contributed by atoms with Crippen LogP contribution in [0.5, 0.6) is 0 Å². The van der Waals surface area contributed by atoms with E-state index in [1.165, 1.54) is 6.07 Å². The number of methoxy groups -OCH3 is 1. The van der Waals surface area contributed by atoms with Gasteiger partial charge in [-0.3, -0.25) is 0 Å². The summed E-state index contributed by atoms with van der Waals surface area (Å²) in [7, 11) is 1.16. The van der Waals surface area contributed by atoms with Gasteiger partial charge < -0.3 is 4.74 Å². The molecule has 0 heterocycles. The molecule has 1 rings (SSSR count). The molecule has 0 unspecified atom stereocenters. The van der Waals surface area contributed by atoms with Crippen LogP contribution < -0.4 is 0 Å². The van der Waals surface area contributed by atoms with Gasteiger partial charge in [-0.05, 0) is 24.6 Å². The number of halogens is 3. The molecule has 17 heavy (non-hydrogen) atoms. The van der Waals surface area contributed by atoms with Crippen molar-refractivity contribution < 1.29 is 22.7 Å². The second kappa shape index (κ2) is 5.03. The van der Waals surface area contributed by atoms with Gasteiger partial charge in [-0.25, -0.2) is 4.79 Å². The molecule has 1 aromatic carbocycles. The van der Waals surface area contributed by atoms with Gasteiger partial charge in [0.25, 0.3) is 0 Å². The molecule has 0 N–H and O–H groups in total. The lowest BCUT2D eigenvalue weighted by Gasteiger charge is -2.11. The number of aryl methyl sites for hydroxylation is 1. The van der Waals surface area contributed by atoms with Gasteiger partial charge in [0, 0.05) is 6.08 Å². The van der Waals surface area contributed by atoms with E-state index in [0.29, 0.717) is 5.56 Å². The zero-order valence-electron chi connectivity index (χ0n) is 9.34. The van der Waals surface area contributed by atoms with Crippen molar-refractivity contribution in [1.82, 2.24) is 0 Å². The topological polar surface area (TPSA) is 26.3 Å². The van der Waals surface area contributed by atoms with Crippen LogP contribution in [0.15, 0.2) is 24.3 Å². The number of hydrogen-bond acceptors (Lipinski definition) is 2. The third-order valence-corrected chi connectivity index (χ3v) is 2.11. The monoisotopic (exact) mass is 244 g/mol. The van der Waals surface area contributed by atoms with Crippen LogP contribution in [0.3, 0.4) is 0 Å². The summed E-state index contributed by atoms with van der Waals surface area (Å²) < 4.78 is 42.4. The van der Waals surface area contributed by atoms with Crippen molar-refractivity contribution in [2.75, 3.05) is 7.11 Å². The Morgan fingerprint density at radius 3 is 2.53 bits per heavy atom. The Morgan fingerprint density at radius 2 is 2.00 bits per heavy atom. The van der Waals surface area contributed by atoms with Gasteiger partial charge in [0.15, 0.2) is 0 Å². The minimum absolute atomic E-state index is 0.0616. The first-order valence-electron chi connectivity index (χ1n) is 4.78. The molecule has 0 aliphatic carbocycles. The average molecular weight is 244 g/mol. The fraction of sp³-hybridized carbons (Fsp3) is 0.250. The van der Waals surface area contributed by atoms with Crippen LogP contribution in [0.4, 0.5) is 13.2 Å². The lowest BCUT2D eigenvalue weighted by Crippen LogP contribution is -2.07. The normalized spacial score (nSPS) is 11.8. The summed E-state index contributed by atoms with van der Waals surface area (Å²) in [6.45, 7) is 1.57. The summed E-state index contributed by atoms with van der Waals surface area (Å²) in [6.07, 6.45) is -2.39. The first-order chi connectivity index (χ1) is 7.84. The molecule has 0 aromatic heterocycles. The van der Waals surface area contributed by atoms with Crippen molar-refractivity contribution in [3.05, 3.63) is 41.0 Å². The van der Waals surface area contributed by atoms with Gasteiger partial charge in [-0.15, -0.1) is 0 Å². The van der Waals surface area contributed by atoms with E-state index in [2.05, 4.69) is 4.74 Å². The van der Waals surface area contributed by atoms with Crippen molar-refractivity contribution in [3.8, 4) is 0 Å². The number of benzene rings is 1. The molecule has 5 heteroatoms. The number of ether oxygens (including phenoxy) is 1. The molecule has 92 valence electrons. The van der Waals surface area contributed by atoms with Crippen LogP contribution in [0, 0.1) is 6.92 Å². The molecule has 0 bridgehead atoms. The Kier molecular flexibility index (Phi) is 3.93. The smallest absolute Gasteiger partial charge is 0.416 e. The molecular weight excluding hydrogens is 233 g/mol. The fourth-order valence-electron chi connectivity index (χ4n) is 1.29. The highest BCUT2D eigenvalue weighted by Gasteiger charge is 2.32. The maximum Gasteiger partial charge on any atom is 0.416 e. The molecule has 0 spiro atoms. The molecular formula is C12H11F3O2. The lowest BCUT2D eigenvalue weighted by atomic mass is 10.0. The second-order valence-electron chi connectivity index (χ2n) is 3.44. The largest absolute Gasteiger partial charge is 0.466 e. The number of esters is 1. The highest BCUT2D eigenvalue weighted by Crippen LogP contribution is 2.33. The highest BCUT2D eigenvalue weighted by molar-refractivity contribution is 5.87. The van der Waals surface area contributed by atoms with Crippen LogP contribution in [-0.4, -0.2) is 13.1 Å². The molecule has 0 amide bonds. The predicted molar refractivity (Wildman–Crippen MR) is 57.2 cm³/mol. The number of hydrogen-bond donors (Lipinski definition) is 0. The van der Waals surface area contributed by atoms with Crippen LogP contribution in [-0.2, 0) is 15.7 Å². The van der Waals surface area contributed by atoms with E-state index in [1.54, 1.807) is 13.0 Å². The molecule has 0 aliphatic rings. The number of alkyl halides is 3. The summed E-state index contributed by atoms with van der Waals surface area (Å²) >= 11 is 0. The zero-order chi connectivity index (χ0) is 13.1. The summed E-state index contributed by atoms with van der Waals surface area (Å²) in [5.41, 5.74) is -0.321. The van der Waals surface area contributed by atoms with E-state index in [4.69, 9.17) is 0 Å². The molecule has 0 radical (unpaired) electrons. The number of carbonyl (C=O) groups excluding carboxylic acids is 1. The van der Waals surface area contributed by atoms with Crippen LogP contribution in [0.25, 0.3) is 6.08 Å². The van der Waals surface area contributed by atoms with Crippen molar-refractivity contribution >= 4 is 12.0 Å². The Morgan fingerprint density at radius 1 is 1.35 bits per heavy atom. The summed E-state index contributed by atoms with van der Waals surface area (Å²) in [6, 6.07) is 3.90. The lowest BCUT2D eigenvalue weighted by molar-refractivity contribution is -0.138. The van der Waals surface area contributed by atoms with Gasteiger partial charge >= 0.3 is 12.1 Å². The Balaban J connectivity index is 3.16. The Labute approximate surface area is 96.7 Å². The number of rotatable bonds is 2. The first kappa shape index (κ1) is 13.3. The molecule has 0 saturated carbocycles. The van der Waals surface area contributed by atoms with Crippen LogP contribution in [0.1, 0.15) is 16.7 Å². The molecule has 2 nitrogen and oxygen atoms in total. The molecule has 1 aromatic rings. The van der Waals surface area contributed by atoms with Crippen molar-refractivity contribution in [3.63, 3.8) is 0 Å². The highest BCUT2D eigenvalue weighted by atomic mass is 19.4. The standard InChI is InChI=1S/C12H11F3O2/c1-8-3-4-9(5-6-11(16)17-2)10(7-8)12(13,14)15/h3-7H,1-2H3.